The highest BCUT2D eigenvalue weighted by Crippen LogP contribution is 2.26. The molecule has 0 fully saturated rings. The van der Waals surface area contributed by atoms with Crippen molar-refractivity contribution in [2.75, 3.05) is 18.6 Å². The summed E-state index contributed by atoms with van der Waals surface area (Å²) in [5, 5.41) is 5.17. The van der Waals surface area contributed by atoms with Crippen molar-refractivity contribution in [3.8, 4) is 0 Å². The number of sulfonamides is 1. The third kappa shape index (κ3) is 5.07. The predicted molar refractivity (Wildman–Crippen MR) is 84.6 cm³/mol. The van der Waals surface area contributed by atoms with Gasteiger partial charge in [0, 0.05) is 29.8 Å². The van der Waals surface area contributed by atoms with Gasteiger partial charge >= 0.3 is 0 Å². The first kappa shape index (κ1) is 17.0. The highest BCUT2D eigenvalue weighted by atomic mass is 32.2. The molecule has 1 heterocycles. The second-order valence-corrected chi connectivity index (χ2v) is 8.25. The third-order valence-corrected chi connectivity index (χ3v) is 6.06. The fourth-order valence-electron chi connectivity index (χ4n) is 1.62. The van der Waals surface area contributed by atoms with Crippen molar-refractivity contribution < 1.29 is 8.42 Å². The Labute approximate surface area is 124 Å². The van der Waals surface area contributed by atoms with Gasteiger partial charge in [-0.25, -0.2) is 13.1 Å². The van der Waals surface area contributed by atoms with E-state index < -0.39 is 10.0 Å². The van der Waals surface area contributed by atoms with Crippen LogP contribution >= 0.6 is 23.1 Å². The Morgan fingerprint density at radius 3 is 2.68 bits per heavy atom. The maximum Gasteiger partial charge on any atom is 0.242 e. The van der Waals surface area contributed by atoms with Crippen LogP contribution in [0.2, 0.25) is 0 Å². The molecule has 4 nitrogen and oxygen atoms in total. The lowest BCUT2D eigenvalue weighted by Crippen LogP contribution is -2.28. The smallest absolute Gasteiger partial charge is 0.242 e. The lowest BCUT2D eigenvalue weighted by molar-refractivity contribution is 0.572. The lowest BCUT2D eigenvalue weighted by Gasteiger charge is -2.11. The number of thioether (sulfide) groups is 1. The largest absolute Gasteiger partial charge is 0.310 e. The Hall–Kier alpha value is -0.0800. The summed E-state index contributed by atoms with van der Waals surface area (Å²) in [4.78, 5) is 1.33. The zero-order valence-electron chi connectivity index (χ0n) is 11.8. The van der Waals surface area contributed by atoms with Crippen molar-refractivity contribution in [1.29, 1.82) is 0 Å². The highest BCUT2D eigenvalue weighted by Gasteiger charge is 2.22. The number of hydrogen-bond donors (Lipinski definition) is 2. The van der Waals surface area contributed by atoms with Crippen molar-refractivity contribution in [3.05, 3.63) is 15.8 Å². The zero-order valence-corrected chi connectivity index (χ0v) is 14.3. The summed E-state index contributed by atoms with van der Waals surface area (Å²) >= 11 is 3.12. The molecule has 0 bridgehead atoms. The molecule has 0 aliphatic carbocycles. The Kier molecular flexibility index (Phi) is 6.82. The molecule has 0 radical (unpaired) electrons. The molecule has 0 spiro atoms. The first-order valence-electron chi connectivity index (χ1n) is 6.17. The van der Waals surface area contributed by atoms with Crippen LogP contribution in [0.1, 0.15) is 24.3 Å². The summed E-state index contributed by atoms with van der Waals surface area (Å²) in [5.74, 6) is 0.780. The third-order valence-electron chi connectivity index (χ3n) is 2.53. The molecule has 0 aliphatic heterocycles. The number of hydrogen-bond acceptors (Lipinski definition) is 5. The van der Waals surface area contributed by atoms with Crippen molar-refractivity contribution >= 4 is 33.1 Å². The summed E-state index contributed by atoms with van der Waals surface area (Å²) in [7, 11) is -3.39. The Balaban J connectivity index is 2.88. The van der Waals surface area contributed by atoms with E-state index >= 15 is 0 Å². The summed E-state index contributed by atoms with van der Waals surface area (Å²) < 4.78 is 27.3. The number of aryl methyl sites for hydroxylation is 1. The van der Waals surface area contributed by atoms with Crippen LogP contribution in [0.5, 0.6) is 0 Å². The van der Waals surface area contributed by atoms with Gasteiger partial charge in [0.25, 0.3) is 0 Å². The van der Waals surface area contributed by atoms with Crippen molar-refractivity contribution in [3.63, 3.8) is 0 Å². The average molecular weight is 323 g/mol. The monoisotopic (exact) mass is 322 g/mol. The van der Waals surface area contributed by atoms with Crippen molar-refractivity contribution in [2.24, 2.45) is 0 Å². The van der Waals surface area contributed by atoms with Gasteiger partial charge in [-0.05, 0) is 24.1 Å². The standard InChI is InChI=1S/C12H22N2O2S3/c1-9(2)13-7-11-12(10(3)8-18-11)19(15,16)14-5-6-17-4/h8-9,13-14H,5-7H2,1-4H3. The van der Waals surface area contributed by atoms with E-state index in [0.29, 0.717) is 24.0 Å². The topological polar surface area (TPSA) is 58.2 Å². The summed E-state index contributed by atoms with van der Waals surface area (Å²) in [6, 6.07) is 0.336. The molecule has 110 valence electrons. The van der Waals surface area contributed by atoms with Crippen LogP contribution in [0.3, 0.4) is 0 Å². The Morgan fingerprint density at radius 1 is 1.42 bits per heavy atom. The van der Waals surface area contributed by atoms with Gasteiger partial charge in [-0.2, -0.15) is 11.8 Å². The molecular formula is C12H22N2O2S3. The minimum atomic E-state index is -3.39. The number of rotatable bonds is 8. The van der Waals surface area contributed by atoms with E-state index in [0.717, 1.165) is 16.2 Å². The molecule has 0 aliphatic rings. The minimum absolute atomic E-state index is 0.336. The molecule has 0 saturated heterocycles. The van der Waals surface area contributed by atoms with Crippen LogP contribution in [0.4, 0.5) is 0 Å². The van der Waals surface area contributed by atoms with Gasteiger partial charge in [-0.1, -0.05) is 13.8 Å². The molecule has 0 amide bonds. The Morgan fingerprint density at radius 2 is 2.11 bits per heavy atom. The first-order valence-corrected chi connectivity index (χ1v) is 9.93. The van der Waals surface area contributed by atoms with Crippen LogP contribution in [-0.2, 0) is 16.6 Å². The summed E-state index contributed by atoms with van der Waals surface area (Å²) in [6.45, 7) is 7.00. The van der Waals surface area contributed by atoms with E-state index in [1.165, 1.54) is 11.3 Å². The fourth-order valence-corrected chi connectivity index (χ4v) is 4.84. The molecule has 0 unspecified atom stereocenters. The van der Waals surface area contributed by atoms with E-state index in [1.807, 2.05) is 32.4 Å². The SMILES string of the molecule is CSCCNS(=O)(=O)c1c(C)csc1CNC(C)C. The van der Waals surface area contributed by atoms with Gasteiger partial charge in [0.1, 0.15) is 4.90 Å². The van der Waals surface area contributed by atoms with Gasteiger partial charge in [0.05, 0.1) is 0 Å². The molecular weight excluding hydrogens is 300 g/mol. The maximum atomic E-state index is 12.3. The highest BCUT2D eigenvalue weighted by molar-refractivity contribution is 7.98. The van der Waals surface area contributed by atoms with Gasteiger partial charge in [-0.3, -0.25) is 0 Å². The molecule has 1 rings (SSSR count). The second-order valence-electron chi connectivity index (χ2n) is 4.60. The van der Waals surface area contributed by atoms with Gasteiger partial charge < -0.3 is 5.32 Å². The van der Waals surface area contributed by atoms with Crippen molar-refractivity contribution in [2.45, 2.75) is 38.3 Å². The first-order chi connectivity index (χ1) is 8.88. The van der Waals surface area contributed by atoms with E-state index in [2.05, 4.69) is 10.0 Å². The quantitative estimate of drug-likeness (QED) is 0.720. The normalized spacial score (nSPS) is 12.3. The van der Waals surface area contributed by atoms with Gasteiger partial charge in [0.2, 0.25) is 10.0 Å². The van der Waals surface area contributed by atoms with E-state index in [9.17, 15) is 8.42 Å². The maximum absolute atomic E-state index is 12.3. The molecule has 19 heavy (non-hydrogen) atoms. The Bertz CT molecular complexity index is 495. The molecule has 7 heteroatoms. The second kappa shape index (κ2) is 7.64. The zero-order chi connectivity index (χ0) is 14.5. The van der Waals surface area contributed by atoms with Crippen LogP contribution in [0.15, 0.2) is 10.3 Å². The minimum Gasteiger partial charge on any atom is -0.310 e. The van der Waals surface area contributed by atoms with Crippen LogP contribution < -0.4 is 10.0 Å². The average Bonchev–Trinajstić information content (AvgIpc) is 2.68. The van der Waals surface area contributed by atoms with Gasteiger partial charge in [0.15, 0.2) is 0 Å². The van der Waals surface area contributed by atoms with E-state index in [-0.39, 0.29) is 0 Å². The van der Waals surface area contributed by atoms with Gasteiger partial charge in [-0.15, -0.1) is 11.3 Å². The number of thiophene rings is 1. The van der Waals surface area contributed by atoms with Crippen LogP contribution in [-0.4, -0.2) is 33.0 Å². The molecule has 0 atom stereocenters. The summed E-state index contributed by atoms with van der Waals surface area (Å²) in [5.41, 5.74) is 0.821. The predicted octanol–water partition coefficient (Wildman–Crippen LogP) is 2.20. The molecule has 0 aromatic carbocycles. The van der Waals surface area contributed by atoms with Crippen molar-refractivity contribution in [1.82, 2.24) is 10.0 Å². The van der Waals surface area contributed by atoms with E-state index in [1.54, 1.807) is 11.8 Å². The van der Waals surface area contributed by atoms with Crippen LogP contribution in [0, 0.1) is 6.92 Å². The molecule has 1 aromatic rings. The molecule has 2 N–H and O–H groups in total. The molecule has 1 aromatic heterocycles. The van der Waals surface area contributed by atoms with E-state index in [4.69, 9.17) is 0 Å². The lowest BCUT2D eigenvalue weighted by atomic mass is 10.3. The molecule has 0 saturated carbocycles. The fraction of sp³-hybridized carbons (Fsp3) is 0.667. The number of nitrogens with one attached hydrogen (secondary N) is 2. The summed E-state index contributed by atoms with van der Waals surface area (Å²) in [6.07, 6.45) is 1.96. The van der Waals surface area contributed by atoms with Crippen LogP contribution in [0.25, 0.3) is 0 Å².